The number of para-hydroxylation sites is 2. The molecule has 0 unspecified atom stereocenters. The van der Waals surface area contributed by atoms with Crippen molar-refractivity contribution in [1.82, 2.24) is 14.5 Å². The van der Waals surface area contributed by atoms with Crippen LogP contribution >= 0.6 is 11.8 Å². The normalized spacial score (nSPS) is 14.4. The van der Waals surface area contributed by atoms with Crippen molar-refractivity contribution in [2.45, 2.75) is 18.6 Å². The lowest BCUT2D eigenvalue weighted by atomic mass is 10.2. The number of fused-ring (bicyclic) bond motifs is 1. The number of carbonyl (C=O) groups excluding carboxylic acids is 1. The van der Waals surface area contributed by atoms with Gasteiger partial charge in [-0.3, -0.25) is 4.79 Å². The molecule has 1 aromatic heterocycles. The van der Waals surface area contributed by atoms with Crippen molar-refractivity contribution in [1.29, 1.82) is 0 Å². The SMILES string of the molecule is CCn1c(SCC(=O)N2CCN(c3cccc(OC)c3)CC2)nc2ccccc21. The summed E-state index contributed by atoms with van der Waals surface area (Å²) in [7, 11) is 1.68. The third-order valence-electron chi connectivity index (χ3n) is 5.31. The molecule has 29 heavy (non-hydrogen) atoms. The van der Waals surface area contributed by atoms with Gasteiger partial charge in [-0.1, -0.05) is 30.0 Å². The van der Waals surface area contributed by atoms with Gasteiger partial charge in [0.1, 0.15) is 5.75 Å². The van der Waals surface area contributed by atoms with Gasteiger partial charge in [-0.2, -0.15) is 0 Å². The fraction of sp³-hybridized carbons (Fsp3) is 0.364. The molecule has 152 valence electrons. The number of aromatic nitrogens is 2. The van der Waals surface area contributed by atoms with Gasteiger partial charge >= 0.3 is 0 Å². The lowest BCUT2D eigenvalue weighted by Gasteiger charge is -2.36. The number of amides is 1. The van der Waals surface area contributed by atoms with Gasteiger partial charge in [0.15, 0.2) is 5.16 Å². The predicted octanol–water partition coefficient (Wildman–Crippen LogP) is 3.51. The number of methoxy groups -OCH3 is 1. The Kier molecular flexibility index (Phi) is 5.94. The van der Waals surface area contributed by atoms with Gasteiger partial charge in [0, 0.05) is 44.5 Å². The lowest BCUT2D eigenvalue weighted by Crippen LogP contribution is -2.49. The van der Waals surface area contributed by atoms with Gasteiger partial charge in [-0.15, -0.1) is 0 Å². The van der Waals surface area contributed by atoms with Crippen molar-refractivity contribution in [2.75, 3.05) is 43.9 Å². The molecule has 7 heteroatoms. The average molecular weight is 411 g/mol. The molecule has 0 spiro atoms. The second kappa shape index (κ2) is 8.78. The Bertz CT molecular complexity index is 995. The zero-order valence-corrected chi connectivity index (χ0v) is 17.7. The van der Waals surface area contributed by atoms with Gasteiger partial charge in [0.25, 0.3) is 0 Å². The summed E-state index contributed by atoms with van der Waals surface area (Å²) in [5, 5.41) is 0.914. The van der Waals surface area contributed by atoms with Gasteiger partial charge in [0.2, 0.25) is 5.91 Å². The number of anilines is 1. The molecule has 0 aliphatic carbocycles. The molecule has 6 nitrogen and oxygen atoms in total. The Morgan fingerprint density at radius 2 is 1.90 bits per heavy atom. The maximum Gasteiger partial charge on any atom is 0.233 e. The number of benzene rings is 2. The van der Waals surface area contributed by atoms with Crippen LogP contribution in [0.2, 0.25) is 0 Å². The number of rotatable bonds is 6. The number of imidazole rings is 1. The van der Waals surface area contributed by atoms with E-state index in [4.69, 9.17) is 9.72 Å². The Morgan fingerprint density at radius 3 is 2.66 bits per heavy atom. The van der Waals surface area contributed by atoms with E-state index in [1.807, 2.05) is 41.3 Å². The van der Waals surface area contributed by atoms with E-state index in [2.05, 4.69) is 28.5 Å². The molecule has 1 aliphatic heterocycles. The Morgan fingerprint density at radius 1 is 1.10 bits per heavy atom. The first-order chi connectivity index (χ1) is 14.2. The minimum Gasteiger partial charge on any atom is -0.497 e. The molecular weight excluding hydrogens is 384 g/mol. The molecule has 4 rings (SSSR count). The van der Waals surface area contributed by atoms with Crippen molar-refractivity contribution in [3.63, 3.8) is 0 Å². The van der Waals surface area contributed by atoms with E-state index in [9.17, 15) is 4.79 Å². The van der Waals surface area contributed by atoms with Gasteiger partial charge in [0.05, 0.1) is 23.9 Å². The molecule has 2 heterocycles. The van der Waals surface area contributed by atoms with Crippen LogP contribution in [0.3, 0.4) is 0 Å². The summed E-state index contributed by atoms with van der Waals surface area (Å²) < 4.78 is 7.49. The van der Waals surface area contributed by atoms with Crippen LogP contribution in [0.15, 0.2) is 53.7 Å². The molecule has 0 saturated carbocycles. The molecule has 1 fully saturated rings. The number of aryl methyl sites for hydroxylation is 1. The second-order valence-electron chi connectivity index (χ2n) is 6.99. The number of hydrogen-bond donors (Lipinski definition) is 0. The van der Waals surface area contributed by atoms with Crippen LogP contribution in [-0.2, 0) is 11.3 Å². The molecule has 0 bridgehead atoms. The molecule has 0 N–H and O–H groups in total. The highest BCUT2D eigenvalue weighted by molar-refractivity contribution is 7.99. The Labute approximate surface area is 175 Å². The third-order valence-corrected chi connectivity index (χ3v) is 6.27. The second-order valence-corrected chi connectivity index (χ2v) is 7.93. The van der Waals surface area contributed by atoms with Crippen LogP contribution in [0.1, 0.15) is 6.92 Å². The van der Waals surface area contributed by atoms with E-state index in [1.54, 1.807) is 7.11 Å². The molecule has 0 atom stereocenters. The average Bonchev–Trinajstić information content (AvgIpc) is 3.15. The number of thioether (sulfide) groups is 1. The van der Waals surface area contributed by atoms with Crippen LogP contribution in [-0.4, -0.2) is 59.4 Å². The largest absolute Gasteiger partial charge is 0.497 e. The molecule has 0 radical (unpaired) electrons. The number of carbonyl (C=O) groups is 1. The minimum atomic E-state index is 0.176. The first-order valence-corrected chi connectivity index (χ1v) is 10.9. The maximum atomic E-state index is 12.8. The van der Waals surface area contributed by atoms with E-state index in [0.29, 0.717) is 5.75 Å². The van der Waals surface area contributed by atoms with Crippen LogP contribution in [0.5, 0.6) is 5.75 Å². The predicted molar refractivity (Wildman–Crippen MR) is 118 cm³/mol. The number of nitrogens with zero attached hydrogens (tertiary/aromatic N) is 4. The van der Waals surface area contributed by atoms with Crippen molar-refractivity contribution < 1.29 is 9.53 Å². The monoisotopic (exact) mass is 410 g/mol. The summed E-state index contributed by atoms with van der Waals surface area (Å²) in [6.07, 6.45) is 0. The van der Waals surface area contributed by atoms with Gasteiger partial charge in [-0.05, 0) is 31.2 Å². The van der Waals surface area contributed by atoms with E-state index in [1.165, 1.54) is 11.8 Å². The zero-order chi connectivity index (χ0) is 20.2. The first kappa shape index (κ1) is 19.6. The zero-order valence-electron chi connectivity index (χ0n) is 16.9. The quantitative estimate of drug-likeness (QED) is 0.582. The smallest absolute Gasteiger partial charge is 0.233 e. The summed E-state index contributed by atoms with van der Waals surface area (Å²) in [6.45, 7) is 6.09. The van der Waals surface area contributed by atoms with Gasteiger partial charge in [-0.25, -0.2) is 4.98 Å². The highest BCUT2D eigenvalue weighted by atomic mass is 32.2. The standard InChI is InChI=1S/C22H26N4O2S/c1-3-26-20-10-5-4-9-19(20)23-22(26)29-16-21(27)25-13-11-24(12-14-25)17-7-6-8-18(15-17)28-2/h4-10,15H,3,11-14,16H2,1-2H3. The lowest BCUT2D eigenvalue weighted by molar-refractivity contribution is -0.128. The fourth-order valence-electron chi connectivity index (χ4n) is 3.71. The summed E-state index contributed by atoms with van der Waals surface area (Å²) in [4.78, 5) is 21.7. The first-order valence-electron chi connectivity index (χ1n) is 9.94. The van der Waals surface area contributed by atoms with E-state index in [0.717, 1.165) is 60.4 Å². The minimum absolute atomic E-state index is 0.176. The Hall–Kier alpha value is -2.67. The molecule has 3 aromatic rings. The molecule has 1 aliphatic rings. The van der Waals surface area contributed by atoms with E-state index < -0.39 is 0 Å². The number of ether oxygens (including phenoxy) is 1. The fourth-order valence-corrected chi connectivity index (χ4v) is 4.69. The van der Waals surface area contributed by atoms with Crippen LogP contribution in [0.25, 0.3) is 11.0 Å². The van der Waals surface area contributed by atoms with E-state index >= 15 is 0 Å². The van der Waals surface area contributed by atoms with Crippen molar-refractivity contribution in [2.24, 2.45) is 0 Å². The highest BCUT2D eigenvalue weighted by Gasteiger charge is 2.22. The number of piperazine rings is 1. The van der Waals surface area contributed by atoms with E-state index in [-0.39, 0.29) is 5.91 Å². The topological polar surface area (TPSA) is 50.6 Å². The third kappa shape index (κ3) is 4.19. The summed E-state index contributed by atoms with van der Waals surface area (Å²) in [5.41, 5.74) is 3.25. The summed E-state index contributed by atoms with van der Waals surface area (Å²) in [5.74, 6) is 1.45. The van der Waals surface area contributed by atoms with Crippen LogP contribution in [0.4, 0.5) is 5.69 Å². The maximum absolute atomic E-state index is 12.8. The molecule has 1 saturated heterocycles. The van der Waals surface area contributed by atoms with Crippen LogP contribution < -0.4 is 9.64 Å². The molecular formula is C22H26N4O2S. The molecule has 2 aromatic carbocycles. The highest BCUT2D eigenvalue weighted by Crippen LogP contribution is 2.25. The summed E-state index contributed by atoms with van der Waals surface area (Å²) in [6, 6.07) is 16.2. The van der Waals surface area contributed by atoms with Crippen molar-refractivity contribution in [3.05, 3.63) is 48.5 Å². The molecule has 1 amide bonds. The summed E-state index contributed by atoms with van der Waals surface area (Å²) >= 11 is 1.53. The van der Waals surface area contributed by atoms with Crippen molar-refractivity contribution >= 4 is 34.4 Å². The van der Waals surface area contributed by atoms with Crippen LogP contribution in [0, 0.1) is 0 Å². The number of hydrogen-bond acceptors (Lipinski definition) is 5. The van der Waals surface area contributed by atoms with Gasteiger partial charge < -0.3 is 19.1 Å². The Balaban J connectivity index is 1.34. The van der Waals surface area contributed by atoms with Crippen molar-refractivity contribution in [3.8, 4) is 5.75 Å².